The third-order valence-corrected chi connectivity index (χ3v) is 4.94. The molecule has 4 rings (SSSR count). The van der Waals surface area contributed by atoms with E-state index in [0.29, 0.717) is 42.7 Å². The molecule has 0 saturated carbocycles. The van der Waals surface area contributed by atoms with Crippen LogP contribution in [0.25, 0.3) is 0 Å². The summed E-state index contributed by atoms with van der Waals surface area (Å²) in [6, 6.07) is 6.41. The van der Waals surface area contributed by atoms with Crippen LogP contribution in [0.4, 0.5) is 4.39 Å². The molecular formula is C18H20FN3O3. The maximum atomic E-state index is 13.7. The highest BCUT2D eigenvalue weighted by Gasteiger charge is 2.43. The number of fused-ring (bicyclic) bond motifs is 1. The van der Waals surface area contributed by atoms with Crippen LogP contribution in [-0.4, -0.2) is 46.2 Å². The molecule has 2 saturated heterocycles. The molecule has 2 aliphatic rings. The van der Waals surface area contributed by atoms with E-state index in [1.165, 1.54) is 6.07 Å². The van der Waals surface area contributed by atoms with Crippen molar-refractivity contribution in [2.24, 2.45) is 5.92 Å². The van der Waals surface area contributed by atoms with E-state index in [1.807, 2.05) is 0 Å². The third-order valence-electron chi connectivity index (χ3n) is 4.94. The topological polar surface area (TPSA) is 68.5 Å². The number of hydrogen-bond donors (Lipinski definition) is 0. The zero-order valence-electron chi connectivity index (χ0n) is 14.0. The lowest BCUT2D eigenvalue weighted by molar-refractivity contribution is -0.130. The summed E-state index contributed by atoms with van der Waals surface area (Å²) >= 11 is 0. The Morgan fingerprint density at radius 3 is 2.92 bits per heavy atom. The summed E-state index contributed by atoms with van der Waals surface area (Å²) in [6.07, 6.45) is 1.67. The minimum Gasteiger partial charge on any atom is -0.372 e. The van der Waals surface area contributed by atoms with Crippen molar-refractivity contribution in [1.29, 1.82) is 0 Å². The highest BCUT2D eigenvalue weighted by Crippen LogP contribution is 2.34. The van der Waals surface area contributed by atoms with Gasteiger partial charge in [0.2, 0.25) is 11.8 Å². The smallest absolute Gasteiger partial charge is 0.229 e. The molecule has 2 aromatic rings. The van der Waals surface area contributed by atoms with Gasteiger partial charge in [0, 0.05) is 19.0 Å². The van der Waals surface area contributed by atoms with E-state index in [2.05, 4.69) is 10.1 Å². The number of carbonyl (C=O) groups excluding carboxylic acids is 1. The molecule has 0 bridgehead atoms. The number of ether oxygens (including phenoxy) is 1. The Bertz CT molecular complexity index is 764. The molecular weight excluding hydrogens is 325 g/mol. The van der Waals surface area contributed by atoms with Gasteiger partial charge in [-0.25, -0.2) is 4.39 Å². The van der Waals surface area contributed by atoms with Gasteiger partial charge >= 0.3 is 0 Å². The van der Waals surface area contributed by atoms with Crippen LogP contribution in [0.5, 0.6) is 0 Å². The van der Waals surface area contributed by atoms with Gasteiger partial charge in [-0.3, -0.25) is 4.79 Å². The number of amides is 1. The Kier molecular flexibility index (Phi) is 4.25. The highest BCUT2D eigenvalue weighted by molar-refractivity contribution is 5.79. The van der Waals surface area contributed by atoms with Crippen LogP contribution < -0.4 is 0 Å². The first-order chi connectivity index (χ1) is 12.1. The van der Waals surface area contributed by atoms with Crippen molar-refractivity contribution in [3.8, 4) is 0 Å². The largest absolute Gasteiger partial charge is 0.372 e. The van der Waals surface area contributed by atoms with E-state index < -0.39 is 0 Å². The molecule has 0 aliphatic carbocycles. The van der Waals surface area contributed by atoms with Gasteiger partial charge in [0.05, 0.1) is 25.0 Å². The molecule has 1 amide bonds. The van der Waals surface area contributed by atoms with Crippen LogP contribution in [0.1, 0.15) is 23.7 Å². The Labute approximate surface area is 145 Å². The molecule has 0 unspecified atom stereocenters. The van der Waals surface area contributed by atoms with Gasteiger partial charge in [-0.2, -0.15) is 4.98 Å². The van der Waals surface area contributed by atoms with Crippen molar-refractivity contribution >= 4 is 5.91 Å². The summed E-state index contributed by atoms with van der Waals surface area (Å²) < 4.78 is 24.9. The monoisotopic (exact) mass is 345 g/mol. The van der Waals surface area contributed by atoms with Crippen molar-refractivity contribution in [3.05, 3.63) is 47.4 Å². The Hall–Kier alpha value is -2.28. The third kappa shape index (κ3) is 3.42. The molecule has 132 valence electrons. The average Bonchev–Trinajstić information content (AvgIpc) is 3.24. The molecule has 2 fully saturated rings. The van der Waals surface area contributed by atoms with Crippen LogP contribution in [0.3, 0.4) is 0 Å². The van der Waals surface area contributed by atoms with E-state index in [-0.39, 0.29) is 30.4 Å². The number of nitrogens with zero attached hydrogens (tertiary/aromatic N) is 3. The maximum Gasteiger partial charge on any atom is 0.229 e. The van der Waals surface area contributed by atoms with E-state index in [4.69, 9.17) is 9.26 Å². The summed E-state index contributed by atoms with van der Waals surface area (Å²) in [4.78, 5) is 18.4. The fourth-order valence-electron chi connectivity index (χ4n) is 3.73. The average molecular weight is 345 g/mol. The summed E-state index contributed by atoms with van der Waals surface area (Å²) in [7, 11) is 0. The van der Waals surface area contributed by atoms with Crippen molar-refractivity contribution in [1.82, 2.24) is 15.0 Å². The fraction of sp³-hybridized carbons (Fsp3) is 0.500. The predicted molar refractivity (Wildman–Crippen MR) is 86.2 cm³/mol. The summed E-state index contributed by atoms with van der Waals surface area (Å²) in [6.45, 7) is 3.02. The van der Waals surface area contributed by atoms with E-state index >= 15 is 0 Å². The van der Waals surface area contributed by atoms with Gasteiger partial charge in [-0.05, 0) is 25.0 Å². The first-order valence-corrected chi connectivity index (χ1v) is 8.54. The lowest BCUT2D eigenvalue weighted by atomic mass is 10.0. The minimum atomic E-state index is -0.332. The molecule has 7 heteroatoms. The Morgan fingerprint density at radius 1 is 1.36 bits per heavy atom. The predicted octanol–water partition coefficient (Wildman–Crippen LogP) is 1.92. The number of likely N-dealkylation sites (tertiary alicyclic amines) is 1. The molecule has 3 heterocycles. The van der Waals surface area contributed by atoms with Crippen LogP contribution in [-0.2, 0) is 22.4 Å². The van der Waals surface area contributed by atoms with Gasteiger partial charge in [0.1, 0.15) is 5.82 Å². The first kappa shape index (κ1) is 16.2. The first-order valence-electron chi connectivity index (χ1n) is 8.54. The second-order valence-electron chi connectivity index (χ2n) is 6.80. The van der Waals surface area contributed by atoms with Gasteiger partial charge in [0.15, 0.2) is 5.82 Å². The minimum absolute atomic E-state index is 0.0404. The van der Waals surface area contributed by atoms with Gasteiger partial charge in [-0.1, -0.05) is 23.4 Å². The van der Waals surface area contributed by atoms with Crippen LogP contribution in [0, 0.1) is 18.7 Å². The normalized spacial score (nSPS) is 25.4. The lowest BCUT2D eigenvalue weighted by Crippen LogP contribution is -2.33. The Morgan fingerprint density at radius 2 is 2.20 bits per heavy atom. The molecule has 1 aromatic carbocycles. The van der Waals surface area contributed by atoms with Crippen LogP contribution >= 0.6 is 0 Å². The second kappa shape index (κ2) is 6.55. The standard InChI is InChI=1S/C18H20FN3O3/c1-11-20-17(25-21-11)8-14-6-13-9-22(10-16(13)24-14)18(23)7-12-4-2-3-5-15(12)19/h2-5,13-14,16H,6-10H2,1H3/t13-,14+,16-/m1/s1. The second-order valence-corrected chi connectivity index (χ2v) is 6.80. The summed E-state index contributed by atoms with van der Waals surface area (Å²) in [5, 5.41) is 3.79. The summed E-state index contributed by atoms with van der Waals surface area (Å²) in [5.74, 6) is 1.15. The number of halogens is 1. The molecule has 1 aromatic heterocycles. The number of aromatic nitrogens is 2. The zero-order valence-corrected chi connectivity index (χ0v) is 14.0. The SMILES string of the molecule is Cc1noc(C[C@@H]2C[C@@H]3CN(C(=O)Cc4ccccc4F)C[C@H]3O2)n1. The van der Waals surface area contributed by atoms with Crippen LogP contribution in [0.15, 0.2) is 28.8 Å². The highest BCUT2D eigenvalue weighted by atomic mass is 19.1. The summed E-state index contributed by atoms with van der Waals surface area (Å²) in [5.41, 5.74) is 0.440. The Balaban J connectivity index is 1.31. The molecule has 3 atom stereocenters. The maximum absolute atomic E-state index is 13.7. The molecule has 0 N–H and O–H groups in total. The number of carbonyl (C=O) groups is 1. The van der Waals surface area contributed by atoms with E-state index in [9.17, 15) is 9.18 Å². The number of aryl methyl sites for hydroxylation is 1. The van der Waals surface area contributed by atoms with E-state index in [0.717, 1.165) is 6.42 Å². The molecule has 6 nitrogen and oxygen atoms in total. The zero-order chi connectivity index (χ0) is 17.4. The lowest BCUT2D eigenvalue weighted by Gasteiger charge is -2.19. The van der Waals surface area contributed by atoms with Gasteiger partial charge < -0.3 is 14.2 Å². The van der Waals surface area contributed by atoms with Crippen molar-refractivity contribution in [2.75, 3.05) is 13.1 Å². The van der Waals surface area contributed by atoms with Crippen molar-refractivity contribution < 1.29 is 18.4 Å². The molecule has 25 heavy (non-hydrogen) atoms. The van der Waals surface area contributed by atoms with Gasteiger partial charge in [-0.15, -0.1) is 0 Å². The van der Waals surface area contributed by atoms with Crippen molar-refractivity contribution in [3.63, 3.8) is 0 Å². The van der Waals surface area contributed by atoms with Gasteiger partial charge in [0.25, 0.3) is 0 Å². The van der Waals surface area contributed by atoms with E-state index in [1.54, 1.807) is 30.0 Å². The number of hydrogen-bond acceptors (Lipinski definition) is 5. The van der Waals surface area contributed by atoms with Crippen molar-refractivity contribution in [2.45, 2.75) is 38.4 Å². The fourth-order valence-corrected chi connectivity index (χ4v) is 3.73. The molecule has 0 spiro atoms. The van der Waals surface area contributed by atoms with Crippen LogP contribution in [0.2, 0.25) is 0 Å². The molecule has 0 radical (unpaired) electrons. The molecule has 2 aliphatic heterocycles. The quantitative estimate of drug-likeness (QED) is 0.847. The number of benzene rings is 1. The number of rotatable bonds is 4.